The van der Waals surface area contributed by atoms with Gasteiger partial charge in [0, 0.05) is 57.3 Å². The molecule has 4 heterocycles. The Morgan fingerprint density at radius 3 is 2.70 bits per heavy atom. The molecule has 2 aromatic heterocycles. The van der Waals surface area contributed by atoms with Crippen molar-refractivity contribution in [2.75, 3.05) is 64.5 Å². The van der Waals surface area contributed by atoms with Gasteiger partial charge < -0.3 is 24.4 Å². The summed E-state index contributed by atoms with van der Waals surface area (Å²) in [6, 6.07) is 7.74. The maximum Gasteiger partial charge on any atom is 0.179 e. The minimum Gasteiger partial charge on any atom is -0.497 e. The molecule has 2 aliphatic rings. The molecule has 2 aliphatic heterocycles. The summed E-state index contributed by atoms with van der Waals surface area (Å²) in [6.07, 6.45) is 1.74. The van der Waals surface area contributed by atoms with E-state index in [1.165, 1.54) is 0 Å². The Bertz CT molecular complexity index is 1120. The van der Waals surface area contributed by atoms with E-state index in [2.05, 4.69) is 30.3 Å². The lowest BCUT2D eigenvalue weighted by Gasteiger charge is -2.36. The number of methoxy groups -OCH3 is 1. The fourth-order valence-corrected chi connectivity index (χ4v) is 4.47. The average Bonchev–Trinajstić information content (AvgIpc) is 2.86. The number of piperazine rings is 1. The van der Waals surface area contributed by atoms with Crippen molar-refractivity contribution in [3.05, 3.63) is 41.3 Å². The number of hydrogen-bond acceptors (Lipinski definition) is 9. The molecule has 1 aromatic carbocycles. The Morgan fingerprint density at radius 1 is 1.06 bits per heavy atom. The fraction of sp³-hybridized carbons (Fsp3) is 0.435. The number of benzene rings is 1. The largest absolute Gasteiger partial charge is 0.497 e. The van der Waals surface area contributed by atoms with Crippen molar-refractivity contribution >= 4 is 28.2 Å². The van der Waals surface area contributed by atoms with Crippen LogP contribution in [0.15, 0.2) is 30.5 Å². The lowest BCUT2D eigenvalue weighted by Crippen LogP contribution is -2.48. The van der Waals surface area contributed by atoms with Gasteiger partial charge in [-0.15, -0.1) is 10.2 Å². The van der Waals surface area contributed by atoms with E-state index >= 15 is 0 Å². The Hall–Kier alpha value is -2.88. The predicted molar refractivity (Wildman–Crippen MR) is 127 cm³/mol. The quantitative estimate of drug-likeness (QED) is 0.523. The number of hydrogen-bond donors (Lipinski definition) is 1. The zero-order valence-corrected chi connectivity index (χ0v) is 19.3. The molecule has 1 saturated heterocycles. The van der Waals surface area contributed by atoms with Crippen molar-refractivity contribution in [3.63, 3.8) is 0 Å². The highest BCUT2D eigenvalue weighted by atomic mass is 35.5. The third-order valence-electron chi connectivity index (χ3n) is 5.99. The summed E-state index contributed by atoms with van der Waals surface area (Å²) < 4.78 is 16.5. The molecule has 174 valence electrons. The zero-order chi connectivity index (χ0) is 22.6. The summed E-state index contributed by atoms with van der Waals surface area (Å²) in [5, 5.41) is 13.3. The molecule has 3 aromatic rings. The van der Waals surface area contributed by atoms with Crippen molar-refractivity contribution in [2.45, 2.75) is 6.54 Å². The Labute approximate surface area is 197 Å². The molecule has 0 unspecified atom stereocenters. The van der Waals surface area contributed by atoms with Crippen molar-refractivity contribution in [3.8, 4) is 17.2 Å². The normalized spacial score (nSPS) is 16.2. The second kappa shape index (κ2) is 9.94. The summed E-state index contributed by atoms with van der Waals surface area (Å²) in [5.74, 6) is 2.28. The summed E-state index contributed by atoms with van der Waals surface area (Å²) in [5.41, 5.74) is 2.70. The molecule has 5 rings (SSSR count). The van der Waals surface area contributed by atoms with Crippen LogP contribution in [0.3, 0.4) is 0 Å². The molecule has 0 amide bonds. The monoisotopic (exact) mass is 470 g/mol. The first-order valence-electron chi connectivity index (χ1n) is 11.1. The van der Waals surface area contributed by atoms with Crippen molar-refractivity contribution in [1.29, 1.82) is 0 Å². The molecular formula is C23H27ClN6O3. The van der Waals surface area contributed by atoms with Gasteiger partial charge in [-0.1, -0.05) is 11.6 Å². The second-order valence-electron chi connectivity index (χ2n) is 8.05. The highest BCUT2D eigenvalue weighted by Crippen LogP contribution is 2.34. The third-order valence-corrected chi connectivity index (χ3v) is 6.24. The highest BCUT2D eigenvalue weighted by molar-refractivity contribution is 6.33. The SMILES string of the molecule is COc1ccc2nnc(Cl)c(N3CCN(CCNCc4cc5c(cn4)OCCO5)CC3)c2c1. The number of pyridine rings is 1. The third kappa shape index (κ3) is 4.90. The maximum atomic E-state index is 6.47. The van der Waals surface area contributed by atoms with Crippen LogP contribution < -0.4 is 24.4 Å². The van der Waals surface area contributed by atoms with Crippen LogP contribution in [0.2, 0.25) is 5.15 Å². The first-order chi connectivity index (χ1) is 16.2. The molecule has 0 spiro atoms. The lowest BCUT2D eigenvalue weighted by atomic mass is 10.1. The average molecular weight is 471 g/mol. The maximum absolute atomic E-state index is 6.47. The number of ether oxygens (including phenoxy) is 3. The van der Waals surface area contributed by atoms with E-state index in [-0.39, 0.29) is 0 Å². The van der Waals surface area contributed by atoms with E-state index in [1.54, 1.807) is 13.3 Å². The summed E-state index contributed by atoms with van der Waals surface area (Å²) >= 11 is 6.47. The van der Waals surface area contributed by atoms with Crippen LogP contribution in [-0.4, -0.2) is 79.7 Å². The lowest BCUT2D eigenvalue weighted by molar-refractivity contribution is 0.170. The summed E-state index contributed by atoms with van der Waals surface area (Å²) in [4.78, 5) is 9.19. The first kappa shape index (κ1) is 21.9. The molecule has 0 saturated carbocycles. The molecular weight excluding hydrogens is 444 g/mol. The van der Waals surface area contributed by atoms with Gasteiger partial charge in [0.05, 0.1) is 30.2 Å². The van der Waals surface area contributed by atoms with E-state index in [0.29, 0.717) is 24.9 Å². The zero-order valence-electron chi connectivity index (χ0n) is 18.6. The summed E-state index contributed by atoms with van der Waals surface area (Å²) in [7, 11) is 1.66. The van der Waals surface area contributed by atoms with Gasteiger partial charge in [-0.25, -0.2) is 0 Å². The minimum absolute atomic E-state index is 0.429. The number of aromatic nitrogens is 3. The van der Waals surface area contributed by atoms with Crippen molar-refractivity contribution < 1.29 is 14.2 Å². The van der Waals surface area contributed by atoms with E-state index < -0.39 is 0 Å². The molecule has 9 nitrogen and oxygen atoms in total. The van der Waals surface area contributed by atoms with Gasteiger partial charge in [0.15, 0.2) is 16.7 Å². The number of nitrogens with zero attached hydrogens (tertiary/aromatic N) is 5. The van der Waals surface area contributed by atoms with E-state index in [4.69, 9.17) is 25.8 Å². The molecule has 33 heavy (non-hydrogen) atoms. The Morgan fingerprint density at radius 2 is 1.88 bits per heavy atom. The van der Waals surface area contributed by atoms with Crippen LogP contribution >= 0.6 is 11.6 Å². The Kier molecular flexibility index (Phi) is 6.61. The van der Waals surface area contributed by atoms with Crippen molar-refractivity contribution in [1.82, 2.24) is 25.4 Å². The van der Waals surface area contributed by atoms with Crippen LogP contribution in [0.5, 0.6) is 17.2 Å². The number of fused-ring (bicyclic) bond motifs is 2. The van der Waals surface area contributed by atoms with Gasteiger partial charge in [-0.05, 0) is 18.2 Å². The smallest absolute Gasteiger partial charge is 0.179 e. The molecule has 0 bridgehead atoms. The van der Waals surface area contributed by atoms with Gasteiger partial charge in [-0.3, -0.25) is 9.88 Å². The van der Waals surface area contributed by atoms with Crippen LogP contribution in [0.25, 0.3) is 10.9 Å². The Balaban J connectivity index is 1.13. The topological polar surface area (TPSA) is 84.9 Å². The van der Waals surface area contributed by atoms with Gasteiger partial charge >= 0.3 is 0 Å². The molecule has 0 atom stereocenters. The van der Waals surface area contributed by atoms with E-state index in [0.717, 1.165) is 78.8 Å². The number of nitrogens with one attached hydrogen (secondary N) is 1. The number of anilines is 1. The summed E-state index contributed by atoms with van der Waals surface area (Å²) in [6.45, 7) is 7.37. The van der Waals surface area contributed by atoms with Gasteiger partial charge in [-0.2, -0.15) is 0 Å². The molecule has 10 heteroatoms. The van der Waals surface area contributed by atoms with Crippen LogP contribution in [0, 0.1) is 0 Å². The van der Waals surface area contributed by atoms with Crippen molar-refractivity contribution in [2.24, 2.45) is 0 Å². The standard InChI is InChI=1S/C23H27ClN6O3/c1-31-17-2-3-19-18(13-17)22(23(24)28-27-19)30-8-6-29(7-9-30)5-4-25-14-16-12-20-21(15-26-16)33-11-10-32-20/h2-3,12-13,15,25H,4-11,14H2,1H3. The van der Waals surface area contributed by atoms with Gasteiger partial charge in [0.2, 0.25) is 0 Å². The number of rotatable bonds is 7. The number of halogens is 1. The highest BCUT2D eigenvalue weighted by Gasteiger charge is 2.22. The molecule has 1 N–H and O–H groups in total. The molecule has 0 aliphatic carbocycles. The molecule has 1 fully saturated rings. The van der Waals surface area contributed by atoms with E-state index in [1.807, 2.05) is 24.3 Å². The van der Waals surface area contributed by atoms with Gasteiger partial charge in [0.25, 0.3) is 0 Å². The molecule has 0 radical (unpaired) electrons. The van der Waals surface area contributed by atoms with Crippen LogP contribution in [-0.2, 0) is 6.54 Å². The van der Waals surface area contributed by atoms with Crippen LogP contribution in [0.4, 0.5) is 5.69 Å². The van der Waals surface area contributed by atoms with E-state index in [9.17, 15) is 0 Å². The predicted octanol–water partition coefficient (Wildman–Crippen LogP) is 2.37. The minimum atomic E-state index is 0.429. The second-order valence-corrected chi connectivity index (χ2v) is 8.41. The first-order valence-corrected chi connectivity index (χ1v) is 11.5. The fourth-order valence-electron chi connectivity index (χ4n) is 4.21. The van der Waals surface area contributed by atoms with Gasteiger partial charge in [0.1, 0.15) is 19.0 Å². The van der Waals surface area contributed by atoms with Crippen LogP contribution in [0.1, 0.15) is 5.69 Å².